The molecule has 25 heavy (non-hydrogen) atoms. The number of likely N-dealkylation sites (tertiary alicyclic amines) is 1. The molecule has 1 fully saturated rings. The van der Waals surface area contributed by atoms with Crippen LogP contribution in [0.1, 0.15) is 41.1 Å². The average molecular weight is 340 g/mol. The standard InChI is InChI=1S/C19H24N4O2/c1-14-4-3-5-16(21-14)6-7-18(24)23-12-9-15(10-13-23)19(25)17-8-11-20-22(17)2/h3-5,8,11,15H,6-7,9-10,12-13H2,1-2H3. The van der Waals surface area contributed by atoms with Crippen LogP contribution >= 0.6 is 0 Å². The molecule has 1 aliphatic heterocycles. The van der Waals surface area contributed by atoms with Gasteiger partial charge in [0.1, 0.15) is 5.69 Å². The normalized spacial score (nSPS) is 15.4. The number of carbonyl (C=O) groups excluding carboxylic acids is 2. The smallest absolute Gasteiger partial charge is 0.222 e. The number of amides is 1. The zero-order valence-corrected chi connectivity index (χ0v) is 14.8. The van der Waals surface area contributed by atoms with Gasteiger partial charge in [-0.15, -0.1) is 0 Å². The van der Waals surface area contributed by atoms with Gasteiger partial charge in [0.2, 0.25) is 5.91 Å². The number of Topliss-reactive ketones (excluding diaryl/α,β-unsaturated/α-hetero) is 1. The molecule has 0 N–H and O–H groups in total. The third-order valence-corrected chi connectivity index (χ3v) is 4.83. The number of hydrogen-bond acceptors (Lipinski definition) is 4. The average Bonchev–Trinajstić information content (AvgIpc) is 3.05. The van der Waals surface area contributed by atoms with Crippen molar-refractivity contribution in [1.82, 2.24) is 19.7 Å². The number of pyridine rings is 1. The van der Waals surface area contributed by atoms with Crippen molar-refractivity contribution in [2.45, 2.75) is 32.6 Å². The summed E-state index contributed by atoms with van der Waals surface area (Å²) in [6, 6.07) is 7.64. The maximum Gasteiger partial charge on any atom is 0.222 e. The minimum atomic E-state index is -0.0158. The predicted octanol–water partition coefficient (Wildman–Crippen LogP) is 2.18. The summed E-state index contributed by atoms with van der Waals surface area (Å²) in [5, 5.41) is 4.06. The van der Waals surface area contributed by atoms with Crippen molar-refractivity contribution in [2.75, 3.05) is 13.1 Å². The first kappa shape index (κ1) is 17.3. The van der Waals surface area contributed by atoms with Gasteiger partial charge >= 0.3 is 0 Å². The van der Waals surface area contributed by atoms with Crippen molar-refractivity contribution in [3.63, 3.8) is 0 Å². The Labute approximate surface area is 147 Å². The van der Waals surface area contributed by atoms with E-state index in [1.54, 1.807) is 24.0 Å². The number of aromatic nitrogens is 3. The fourth-order valence-corrected chi connectivity index (χ4v) is 3.35. The first-order valence-electron chi connectivity index (χ1n) is 8.77. The van der Waals surface area contributed by atoms with Crippen molar-refractivity contribution >= 4 is 11.7 Å². The first-order valence-corrected chi connectivity index (χ1v) is 8.77. The third-order valence-electron chi connectivity index (χ3n) is 4.83. The van der Waals surface area contributed by atoms with Crippen molar-refractivity contribution in [1.29, 1.82) is 0 Å². The SMILES string of the molecule is Cc1cccc(CCC(=O)N2CCC(C(=O)c3ccnn3C)CC2)n1. The van der Waals surface area contributed by atoms with E-state index in [0.29, 0.717) is 31.6 Å². The monoisotopic (exact) mass is 340 g/mol. The molecule has 2 aromatic rings. The van der Waals surface area contributed by atoms with Gasteiger partial charge < -0.3 is 4.90 Å². The molecule has 0 radical (unpaired) electrons. The summed E-state index contributed by atoms with van der Waals surface area (Å²) in [6.45, 7) is 3.25. The number of hydrogen-bond donors (Lipinski definition) is 0. The molecule has 1 saturated heterocycles. The Morgan fingerprint density at radius 1 is 1.20 bits per heavy atom. The zero-order chi connectivity index (χ0) is 17.8. The molecule has 6 nitrogen and oxygen atoms in total. The Morgan fingerprint density at radius 3 is 2.60 bits per heavy atom. The molecule has 0 saturated carbocycles. The lowest BCUT2D eigenvalue weighted by molar-refractivity contribution is -0.132. The van der Waals surface area contributed by atoms with Crippen LogP contribution in [0.25, 0.3) is 0 Å². The molecule has 3 rings (SSSR count). The molecule has 0 aliphatic carbocycles. The lowest BCUT2D eigenvalue weighted by Gasteiger charge is -2.31. The highest BCUT2D eigenvalue weighted by Crippen LogP contribution is 2.22. The van der Waals surface area contributed by atoms with Crippen molar-refractivity contribution in [2.24, 2.45) is 13.0 Å². The van der Waals surface area contributed by atoms with Crippen LogP contribution in [0.2, 0.25) is 0 Å². The second kappa shape index (κ2) is 7.59. The van der Waals surface area contributed by atoms with Crippen LogP contribution in [0.3, 0.4) is 0 Å². The van der Waals surface area contributed by atoms with Crippen molar-refractivity contribution in [3.8, 4) is 0 Å². The molecule has 0 aromatic carbocycles. The van der Waals surface area contributed by atoms with E-state index in [1.165, 1.54) is 0 Å². The molecular formula is C19H24N4O2. The molecule has 132 valence electrons. The second-order valence-electron chi connectivity index (χ2n) is 6.63. The maximum absolute atomic E-state index is 12.5. The Morgan fingerprint density at radius 2 is 1.96 bits per heavy atom. The van der Waals surface area contributed by atoms with E-state index in [1.807, 2.05) is 30.0 Å². The molecule has 1 aliphatic rings. The van der Waals surface area contributed by atoms with Crippen LogP contribution < -0.4 is 0 Å². The van der Waals surface area contributed by atoms with Gasteiger partial charge in [-0.25, -0.2) is 0 Å². The van der Waals surface area contributed by atoms with Gasteiger partial charge in [-0.05, 0) is 44.4 Å². The van der Waals surface area contributed by atoms with Crippen LogP contribution in [0, 0.1) is 12.8 Å². The summed E-state index contributed by atoms with van der Waals surface area (Å²) in [5.41, 5.74) is 2.57. The summed E-state index contributed by atoms with van der Waals surface area (Å²) in [5.74, 6) is 0.267. The van der Waals surface area contributed by atoms with E-state index >= 15 is 0 Å². The fourth-order valence-electron chi connectivity index (χ4n) is 3.35. The van der Waals surface area contributed by atoms with Gasteiger partial charge in [0.15, 0.2) is 5.78 Å². The lowest BCUT2D eigenvalue weighted by Crippen LogP contribution is -2.40. The molecule has 0 spiro atoms. The molecule has 1 amide bonds. The van der Waals surface area contributed by atoms with Crippen LogP contribution in [-0.2, 0) is 18.3 Å². The molecule has 2 aromatic heterocycles. The number of rotatable bonds is 5. The Bertz CT molecular complexity index is 760. The number of piperidine rings is 1. The summed E-state index contributed by atoms with van der Waals surface area (Å²) >= 11 is 0. The van der Waals surface area contributed by atoms with Crippen LogP contribution in [0.4, 0.5) is 0 Å². The predicted molar refractivity (Wildman–Crippen MR) is 94.1 cm³/mol. The van der Waals surface area contributed by atoms with Gasteiger partial charge in [0, 0.05) is 50.1 Å². The van der Waals surface area contributed by atoms with E-state index < -0.39 is 0 Å². The summed E-state index contributed by atoms with van der Waals surface area (Å²) in [4.78, 5) is 31.3. The van der Waals surface area contributed by atoms with Gasteiger partial charge in [0.25, 0.3) is 0 Å². The van der Waals surface area contributed by atoms with Gasteiger partial charge in [0.05, 0.1) is 0 Å². The summed E-state index contributed by atoms with van der Waals surface area (Å²) in [7, 11) is 1.78. The van der Waals surface area contributed by atoms with Gasteiger partial charge in [-0.1, -0.05) is 6.07 Å². The van der Waals surface area contributed by atoms with Crippen LogP contribution in [0.15, 0.2) is 30.5 Å². The topological polar surface area (TPSA) is 68.1 Å². The Kier molecular flexibility index (Phi) is 5.26. The Hall–Kier alpha value is -2.50. The third kappa shape index (κ3) is 4.13. The van der Waals surface area contributed by atoms with E-state index in [-0.39, 0.29) is 17.6 Å². The first-order chi connectivity index (χ1) is 12.0. The minimum absolute atomic E-state index is 0.0158. The molecule has 0 atom stereocenters. The van der Waals surface area contributed by atoms with Crippen molar-refractivity contribution < 1.29 is 9.59 Å². The van der Waals surface area contributed by atoms with Gasteiger partial charge in [-0.2, -0.15) is 5.10 Å². The maximum atomic E-state index is 12.5. The quantitative estimate of drug-likeness (QED) is 0.783. The molecule has 0 bridgehead atoms. The van der Waals surface area contributed by atoms with Crippen molar-refractivity contribution in [3.05, 3.63) is 47.5 Å². The van der Waals surface area contributed by atoms with E-state index in [2.05, 4.69) is 10.1 Å². The highest BCUT2D eigenvalue weighted by atomic mass is 16.2. The summed E-state index contributed by atoms with van der Waals surface area (Å²) < 4.78 is 1.62. The number of carbonyl (C=O) groups is 2. The highest BCUT2D eigenvalue weighted by Gasteiger charge is 2.28. The molecular weight excluding hydrogens is 316 g/mol. The largest absolute Gasteiger partial charge is 0.343 e. The second-order valence-corrected chi connectivity index (χ2v) is 6.63. The number of ketones is 1. The molecule has 3 heterocycles. The molecule has 6 heteroatoms. The van der Waals surface area contributed by atoms with Gasteiger partial charge in [-0.3, -0.25) is 19.3 Å². The van der Waals surface area contributed by atoms with Crippen LogP contribution in [0.5, 0.6) is 0 Å². The molecule has 0 unspecified atom stereocenters. The Balaban J connectivity index is 1.49. The number of nitrogens with zero attached hydrogens (tertiary/aromatic N) is 4. The van der Waals surface area contributed by atoms with E-state index in [4.69, 9.17) is 0 Å². The van der Waals surface area contributed by atoms with E-state index in [9.17, 15) is 9.59 Å². The lowest BCUT2D eigenvalue weighted by atomic mass is 9.90. The minimum Gasteiger partial charge on any atom is -0.343 e. The van der Waals surface area contributed by atoms with Crippen LogP contribution in [-0.4, -0.2) is 44.4 Å². The zero-order valence-electron chi connectivity index (χ0n) is 14.8. The van der Waals surface area contributed by atoms with E-state index in [0.717, 1.165) is 24.2 Å². The number of aryl methyl sites for hydroxylation is 3. The fraction of sp³-hybridized carbons (Fsp3) is 0.474. The highest BCUT2D eigenvalue weighted by molar-refractivity contribution is 5.96. The summed E-state index contributed by atoms with van der Waals surface area (Å²) in [6.07, 6.45) is 4.22.